The molecule has 0 amide bonds. The summed E-state index contributed by atoms with van der Waals surface area (Å²) in [6.45, 7) is 2.29. The number of rotatable bonds is 6. The summed E-state index contributed by atoms with van der Waals surface area (Å²) in [7, 11) is 3.30. The molecule has 3 heterocycles. The van der Waals surface area contributed by atoms with Crippen LogP contribution in [0.25, 0.3) is 21.7 Å². The fourth-order valence-electron chi connectivity index (χ4n) is 4.83. The van der Waals surface area contributed by atoms with Crippen molar-refractivity contribution < 1.29 is 9.47 Å². The smallest absolute Gasteiger partial charge is 0.268 e. The van der Waals surface area contributed by atoms with Gasteiger partial charge in [0.1, 0.15) is 16.3 Å². The van der Waals surface area contributed by atoms with Gasteiger partial charge in [-0.05, 0) is 72.7 Å². The Hall–Kier alpha value is -3.30. The van der Waals surface area contributed by atoms with Crippen LogP contribution in [0.3, 0.4) is 0 Å². The first-order chi connectivity index (χ1) is 17.6. The van der Waals surface area contributed by atoms with Crippen LogP contribution in [-0.4, -0.2) is 33.4 Å². The Labute approximate surface area is 216 Å². The molecule has 3 aromatic heterocycles. The van der Waals surface area contributed by atoms with Crippen LogP contribution in [0.2, 0.25) is 0 Å². The molecule has 7 nitrogen and oxygen atoms in total. The van der Waals surface area contributed by atoms with Crippen molar-refractivity contribution in [3.8, 4) is 17.2 Å². The summed E-state index contributed by atoms with van der Waals surface area (Å²) < 4.78 is 14.4. The number of aromatic nitrogens is 4. The third-order valence-corrected chi connectivity index (χ3v) is 9.03. The van der Waals surface area contributed by atoms with Crippen molar-refractivity contribution in [2.24, 2.45) is 5.92 Å². The van der Waals surface area contributed by atoms with Gasteiger partial charge in [0.15, 0.2) is 5.16 Å². The number of thiophene rings is 1. The normalized spacial score (nSPS) is 15.4. The number of methoxy groups -OCH3 is 2. The van der Waals surface area contributed by atoms with Crippen LogP contribution in [0.4, 0.5) is 0 Å². The Kier molecular flexibility index (Phi) is 5.97. The molecule has 1 unspecified atom stereocenters. The predicted octanol–water partition coefficient (Wildman–Crippen LogP) is 5.53. The molecule has 0 saturated heterocycles. The summed E-state index contributed by atoms with van der Waals surface area (Å²) in [4.78, 5) is 16.3. The first-order valence-electron chi connectivity index (χ1n) is 11.9. The van der Waals surface area contributed by atoms with E-state index in [1.807, 2.05) is 36.4 Å². The highest BCUT2D eigenvalue weighted by Gasteiger charge is 2.27. The van der Waals surface area contributed by atoms with Crippen molar-refractivity contribution >= 4 is 39.1 Å². The second-order valence-corrected chi connectivity index (χ2v) is 11.2. The molecule has 1 atom stereocenters. The number of hydrogen-bond acceptors (Lipinski definition) is 7. The second-order valence-electron chi connectivity index (χ2n) is 9.13. The lowest BCUT2D eigenvalue weighted by molar-refractivity contribution is 0.414. The lowest BCUT2D eigenvalue weighted by Gasteiger charge is -2.17. The van der Waals surface area contributed by atoms with E-state index in [2.05, 4.69) is 33.7 Å². The third-order valence-electron chi connectivity index (χ3n) is 6.79. The zero-order valence-corrected chi connectivity index (χ0v) is 22.0. The van der Waals surface area contributed by atoms with Crippen LogP contribution in [0, 0.1) is 5.92 Å². The van der Waals surface area contributed by atoms with Crippen LogP contribution in [0.5, 0.6) is 11.5 Å². The van der Waals surface area contributed by atoms with Gasteiger partial charge in [0.2, 0.25) is 5.78 Å². The van der Waals surface area contributed by atoms with Gasteiger partial charge in [0.25, 0.3) is 5.56 Å². The molecule has 0 spiro atoms. The van der Waals surface area contributed by atoms with Crippen molar-refractivity contribution in [3.05, 3.63) is 74.9 Å². The Morgan fingerprint density at radius 1 is 1.03 bits per heavy atom. The molecular formula is C27H26N4O3S2. The molecular weight excluding hydrogens is 492 g/mol. The van der Waals surface area contributed by atoms with Crippen molar-refractivity contribution in [2.75, 3.05) is 14.2 Å². The molecule has 6 rings (SSSR count). The SMILES string of the molecule is COc1ccc(CSc2nnc3n(-c4ccc(OC)cc4)c(=O)c4c5c(sc4n23)CC(C)CC5)cc1. The summed E-state index contributed by atoms with van der Waals surface area (Å²) in [5, 5.41) is 10.6. The van der Waals surface area contributed by atoms with E-state index in [1.165, 1.54) is 10.4 Å². The van der Waals surface area contributed by atoms with Crippen molar-refractivity contribution in [1.29, 1.82) is 0 Å². The van der Waals surface area contributed by atoms with Gasteiger partial charge in [0, 0.05) is 10.6 Å². The maximum absolute atomic E-state index is 14.0. The molecule has 0 radical (unpaired) electrons. The first-order valence-corrected chi connectivity index (χ1v) is 13.7. The maximum Gasteiger partial charge on any atom is 0.268 e. The maximum atomic E-state index is 14.0. The van der Waals surface area contributed by atoms with Gasteiger partial charge < -0.3 is 9.47 Å². The molecule has 0 aliphatic heterocycles. The summed E-state index contributed by atoms with van der Waals surface area (Å²) in [6.07, 6.45) is 3.03. The van der Waals surface area contributed by atoms with E-state index >= 15 is 0 Å². The van der Waals surface area contributed by atoms with Gasteiger partial charge in [-0.25, -0.2) is 8.97 Å². The number of aryl methyl sites for hydroxylation is 1. The van der Waals surface area contributed by atoms with Crippen molar-refractivity contribution in [2.45, 2.75) is 37.1 Å². The standard InChI is InChI=1S/C27H26N4O3S2/c1-16-4-13-21-22(14-16)36-25-23(21)24(32)30(18-7-11-20(34-3)12-8-18)26-28-29-27(31(25)26)35-15-17-5-9-19(33-2)10-6-17/h5-12,16H,4,13-15H2,1-3H3. The van der Waals surface area contributed by atoms with Crippen LogP contribution >= 0.6 is 23.1 Å². The summed E-state index contributed by atoms with van der Waals surface area (Å²) in [5.41, 5.74) is 3.07. The van der Waals surface area contributed by atoms with Crippen LogP contribution in [0.1, 0.15) is 29.3 Å². The molecule has 9 heteroatoms. The van der Waals surface area contributed by atoms with Gasteiger partial charge in [-0.2, -0.15) is 0 Å². The second kappa shape index (κ2) is 9.29. The lowest BCUT2D eigenvalue weighted by Crippen LogP contribution is -2.22. The zero-order valence-electron chi connectivity index (χ0n) is 20.4. The quantitative estimate of drug-likeness (QED) is 0.275. The van der Waals surface area contributed by atoms with E-state index in [0.717, 1.165) is 63.1 Å². The van der Waals surface area contributed by atoms with Crippen molar-refractivity contribution in [1.82, 2.24) is 19.2 Å². The highest BCUT2D eigenvalue weighted by Crippen LogP contribution is 2.38. The molecule has 0 saturated carbocycles. The molecule has 184 valence electrons. The Balaban J connectivity index is 1.53. The van der Waals surface area contributed by atoms with Crippen LogP contribution in [0.15, 0.2) is 58.5 Å². The fraction of sp³-hybridized carbons (Fsp3) is 0.296. The average molecular weight is 519 g/mol. The highest BCUT2D eigenvalue weighted by molar-refractivity contribution is 7.98. The minimum atomic E-state index is -0.0335. The molecule has 5 aromatic rings. The number of fused-ring (bicyclic) bond motifs is 5. The number of benzene rings is 2. The first kappa shape index (κ1) is 23.1. The van der Waals surface area contributed by atoms with Gasteiger partial charge >= 0.3 is 0 Å². The van der Waals surface area contributed by atoms with Crippen LogP contribution in [-0.2, 0) is 18.6 Å². The number of hydrogen-bond donors (Lipinski definition) is 0. The van der Waals surface area contributed by atoms with Crippen molar-refractivity contribution in [3.63, 3.8) is 0 Å². The Bertz CT molecular complexity index is 1620. The highest BCUT2D eigenvalue weighted by atomic mass is 32.2. The van der Waals surface area contributed by atoms with E-state index < -0.39 is 0 Å². The van der Waals surface area contributed by atoms with Crippen LogP contribution < -0.4 is 15.0 Å². The zero-order chi connectivity index (χ0) is 24.8. The molecule has 1 aliphatic rings. The minimum Gasteiger partial charge on any atom is -0.497 e. The molecule has 0 N–H and O–H groups in total. The van der Waals surface area contributed by atoms with E-state index in [-0.39, 0.29) is 5.56 Å². The molecule has 0 fully saturated rings. The van der Waals surface area contributed by atoms with E-state index in [9.17, 15) is 4.79 Å². The van der Waals surface area contributed by atoms with Gasteiger partial charge in [0.05, 0.1) is 25.3 Å². The predicted molar refractivity (Wildman–Crippen MR) is 144 cm³/mol. The van der Waals surface area contributed by atoms with Gasteiger partial charge in [-0.3, -0.25) is 4.79 Å². The molecule has 2 aromatic carbocycles. The number of nitrogens with zero attached hydrogens (tertiary/aromatic N) is 4. The average Bonchev–Trinajstić information content (AvgIpc) is 3.49. The molecule has 1 aliphatic carbocycles. The van der Waals surface area contributed by atoms with E-state index in [1.54, 1.807) is 41.9 Å². The molecule has 0 bridgehead atoms. The monoisotopic (exact) mass is 518 g/mol. The topological polar surface area (TPSA) is 70.7 Å². The lowest BCUT2D eigenvalue weighted by atomic mass is 9.89. The summed E-state index contributed by atoms with van der Waals surface area (Å²) >= 11 is 3.34. The Morgan fingerprint density at radius 2 is 1.72 bits per heavy atom. The fourth-order valence-corrected chi connectivity index (χ4v) is 7.28. The van der Waals surface area contributed by atoms with Gasteiger partial charge in [-0.1, -0.05) is 30.8 Å². The minimum absolute atomic E-state index is 0.0335. The van der Waals surface area contributed by atoms with E-state index in [0.29, 0.717) is 11.7 Å². The Morgan fingerprint density at radius 3 is 2.42 bits per heavy atom. The number of thioether (sulfide) groups is 1. The summed E-state index contributed by atoms with van der Waals surface area (Å²) in [5.74, 6) is 3.45. The largest absolute Gasteiger partial charge is 0.497 e. The summed E-state index contributed by atoms with van der Waals surface area (Å²) in [6, 6.07) is 15.6. The van der Waals surface area contributed by atoms with E-state index in [4.69, 9.17) is 9.47 Å². The third kappa shape index (κ3) is 3.87. The molecule has 36 heavy (non-hydrogen) atoms. The van der Waals surface area contributed by atoms with Gasteiger partial charge in [-0.15, -0.1) is 21.5 Å². The number of ether oxygens (including phenoxy) is 2.